The molecule has 96 valence electrons. The summed E-state index contributed by atoms with van der Waals surface area (Å²) in [5.74, 6) is -0.147. The molecule has 0 fully saturated rings. The van der Waals surface area contributed by atoms with Crippen LogP contribution in [-0.4, -0.2) is 5.91 Å². The van der Waals surface area contributed by atoms with Crippen molar-refractivity contribution in [2.24, 2.45) is 0 Å². The van der Waals surface area contributed by atoms with E-state index in [1.54, 1.807) is 6.07 Å². The maximum Gasteiger partial charge on any atom is 0.256 e. The molecule has 0 saturated carbocycles. The van der Waals surface area contributed by atoms with Crippen molar-refractivity contribution in [3.63, 3.8) is 0 Å². The molecule has 2 aromatic carbocycles. The Morgan fingerprint density at radius 3 is 2.68 bits per heavy atom. The van der Waals surface area contributed by atoms with Crippen molar-refractivity contribution in [2.45, 2.75) is 13.1 Å². The number of halogens is 1. The first-order valence-electron chi connectivity index (χ1n) is 6.07. The molecule has 1 amide bonds. The third kappa shape index (κ3) is 2.17. The molecule has 0 aliphatic carbocycles. The zero-order valence-electron chi connectivity index (χ0n) is 10.4. The fraction of sp³-hybridized carbons (Fsp3) is 0.133. The van der Waals surface area contributed by atoms with Gasteiger partial charge >= 0.3 is 0 Å². The van der Waals surface area contributed by atoms with Gasteiger partial charge < -0.3 is 10.6 Å². The van der Waals surface area contributed by atoms with E-state index in [1.165, 1.54) is 0 Å². The summed E-state index contributed by atoms with van der Waals surface area (Å²) in [5, 5.41) is 6.68. The number of aryl methyl sites for hydroxylation is 1. The second-order valence-electron chi connectivity index (χ2n) is 4.63. The molecule has 1 aliphatic heterocycles. The minimum Gasteiger partial charge on any atom is -0.361 e. The van der Waals surface area contributed by atoms with Crippen LogP contribution in [-0.2, 0) is 0 Å². The number of hydrogen-bond donors (Lipinski definition) is 2. The van der Waals surface area contributed by atoms with Crippen LogP contribution in [0.5, 0.6) is 0 Å². The molecule has 3 nitrogen and oxygen atoms in total. The van der Waals surface area contributed by atoms with Crippen molar-refractivity contribution >= 4 is 23.2 Å². The lowest BCUT2D eigenvalue weighted by atomic mass is 10.0. The van der Waals surface area contributed by atoms with Gasteiger partial charge in [0.2, 0.25) is 0 Å². The average Bonchev–Trinajstić information content (AvgIpc) is 2.38. The third-order valence-corrected chi connectivity index (χ3v) is 3.51. The largest absolute Gasteiger partial charge is 0.361 e. The summed E-state index contributed by atoms with van der Waals surface area (Å²) < 4.78 is 0. The van der Waals surface area contributed by atoms with Gasteiger partial charge in [-0.2, -0.15) is 0 Å². The molecule has 2 N–H and O–H groups in total. The Labute approximate surface area is 116 Å². The van der Waals surface area contributed by atoms with Crippen LogP contribution in [0.25, 0.3) is 0 Å². The molecular weight excluding hydrogens is 260 g/mol. The van der Waals surface area contributed by atoms with Crippen LogP contribution in [0.4, 0.5) is 5.69 Å². The summed E-state index contributed by atoms with van der Waals surface area (Å²) in [6, 6.07) is 13.5. The molecule has 19 heavy (non-hydrogen) atoms. The molecule has 0 radical (unpaired) electrons. The van der Waals surface area contributed by atoms with Crippen molar-refractivity contribution < 1.29 is 4.79 Å². The summed E-state index contributed by atoms with van der Waals surface area (Å²) in [7, 11) is 0. The van der Waals surface area contributed by atoms with E-state index in [2.05, 4.69) is 10.6 Å². The van der Waals surface area contributed by atoms with E-state index < -0.39 is 0 Å². The Kier molecular flexibility index (Phi) is 2.91. The van der Waals surface area contributed by atoms with Gasteiger partial charge in [0.05, 0.1) is 16.3 Å². The Bertz CT molecular complexity index is 654. The molecule has 2 aromatic rings. The van der Waals surface area contributed by atoms with Gasteiger partial charge in [0.15, 0.2) is 0 Å². The highest BCUT2D eigenvalue weighted by molar-refractivity contribution is 6.34. The first-order valence-corrected chi connectivity index (χ1v) is 6.45. The molecule has 0 saturated heterocycles. The zero-order chi connectivity index (χ0) is 13.4. The summed E-state index contributed by atoms with van der Waals surface area (Å²) in [6.07, 6.45) is -0.224. The van der Waals surface area contributed by atoms with Crippen molar-refractivity contribution in [2.75, 3.05) is 5.32 Å². The minimum absolute atomic E-state index is 0.147. The van der Waals surface area contributed by atoms with Crippen molar-refractivity contribution in [1.29, 1.82) is 0 Å². The van der Waals surface area contributed by atoms with Crippen LogP contribution in [0.3, 0.4) is 0 Å². The number of nitrogens with one attached hydrogen (secondary N) is 2. The Hall–Kier alpha value is -2.00. The summed E-state index contributed by atoms with van der Waals surface area (Å²) in [5.41, 5.74) is 3.46. The van der Waals surface area contributed by atoms with E-state index in [0.29, 0.717) is 10.6 Å². The Balaban J connectivity index is 2.00. The van der Waals surface area contributed by atoms with E-state index in [9.17, 15) is 4.79 Å². The fourth-order valence-electron chi connectivity index (χ4n) is 2.29. The maximum atomic E-state index is 12.1. The van der Waals surface area contributed by atoms with E-state index >= 15 is 0 Å². The molecule has 0 spiro atoms. The van der Waals surface area contributed by atoms with E-state index in [-0.39, 0.29) is 12.1 Å². The van der Waals surface area contributed by atoms with Crippen LogP contribution in [0, 0.1) is 6.92 Å². The van der Waals surface area contributed by atoms with Gasteiger partial charge in [-0.25, -0.2) is 0 Å². The van der Waals surface area contributed by atoms with Crippen LogP contribution in [0.2, 0.25) is 5.02 Å². The molecule has 3 rings (SSSR count). The Morgan fingerprint density at radius 2 is 1.89 bits per heavy atom. The highest BCUT2D eigenvalue weighted by Gasteiger charge is 2.26. The van der Waals surface area contributed by atoms with E-state index in [0.717, 1.165) is 16.8 Å². The normalized spacial score (nSPS) is 17.4. The quantitative estimate of drug-likeness (QED) is 0.834. The summed E-state index contributed by atoms with van der Waals surface area (Å²) >= 11 is 6.06. The molecule has 0 bridgehead atoms. The minimum atomic E-state index is -0.224. The van der Waals surface area contributed by atoms with Gasteiger partial charge in [0.25, 0.3) is 5.91 Å². The third-order valence-electron chi connectivity index (χ3n) is 3.19. The molecule has 4 heteroatoms. The lowest BCUT2D eigenvalue weighted by Crippen LogP contribution is -2.38. The van der Waals surface area contributed by atoms with Crippen LogP contribution >= 0.6 is 11.6 Å². The highest BCUT2D eigenvalue weighted by Crippen LogP contribution is 2.31. The zero-order valence-corrected chi connectivity index (χ0v) is 11.2. The average molecular weight is 273 g/mol. The van der Waals surface area contributed by atoms with Gasteiger partial charge in [-0.3, -0.25) is 4.79 Å². The lowest BCUT2D eigenvalue weighted by Gasteiger charge is -2.28. The number of carbonyl (C=O) groups excluding carboxylic acids is 1. The van der Waals surface area contributed by atoms with Crippen molar-refractivity contribution in [3.05, 3.63) is 64.2 Å². The number of rotatable bonds is 1. The maximum absolute atomic E-state index is 12.1. The highest BCUT2D eigenvalue weighted by atomic mass is 35.5. The van der Waals surface area contributed by atoms with Gasteiger partial charge in [0, 0.05) is 0 Å². The first-order chi connectivity index (χ1) is 9.15. The molecule has 1 atom stereocenters. The second kappa shape index (κ2) is 4.59. The monoisotopic (exact) mass is 272 g/mol. The van der Waals surface area contributed by atoms with Crippen molar-refractivity contribution in [1.82, 2.24) is 5.32 Å². The molecule has 1 unspecified atom stereocenters. The van der Waals surface area contributed by atoms with Gasteiger partial charge in [-0.15, -0.1) is 0 Å². The van der Waals surface area contributed by atoms with Crippen LogP contribution in [0.15, 0.2) is 42.5 Å². The molecule has 0 aromatic heterocycles. The predicted molar refractivity (Wildman–Crippen MR) is 76.5 cm³/mol. The Morgan fingerprint density at radius 1 is 1.11 bits per heavy atom. The van der Waals surface area contributed by atoms with Crippen LogP contribution < -0.4 is 10.6 Å². The smallest absolute Gasteiger partial charge is 0.256 e. The predicted octanol–water partition coefficient (Wildman–Crippen LogP) is 3.50. The number of anilines is 1. The number of amides is 1. The SMILES string of the molecule is Cc1cccc(C2NC(=O)c3c(Cl)cccc3N2)c1. The van der Waals surface area contributed by atoms with E-state index in [1.807, 2.05) is 43.3 Å². The van der Waals surface area contributed by atoms with Gasteiger partial charge in [-0.1, -0.05) is 47.5 Å². The standard InChI is InChI=1S/C15H13ClN2O/c1-9-4-2-5-10(8-9)14-17-12-7-3-6-11(16)13(12)15(19)18-14/h2-8,14,17H,1H3,(H,18,19). The van der Waals surface area contributed by atoms with Crippen LogP contribution in [0.1, 0.15) is 27.7 Å². The molecule has 1 heterocycles. The summed E-state index contributed by atoms with van der Waals surface area (Å²) in [6.45, 7) is 2.03. The number of fused-ring (bicyclic) bond motifs is 1. The molecular formula is C15H13ClN2O. The van der Waals surface area contributed by atoms with Crippen molar-refractivity contribution in [3.8, 4) is 0 Å². The second-order valence-corrected chi connectivity index (χ2v) is 5.03. The number of hydrogen-bond acceptors (Lipinski definition) is 2. The van der Waals surface area contributed by atoms with E-state index in [4.69, 9.17) is 11.6 Å². The van der Waals surface area contributed by atoms with Gasteiger partial charge in [0.1, 0.15) is 6.17 Å². The topological polar surface area (TPSA) is 41.1 Å². The fourth-order valence-corrected chi connectivity index (χ4v) is 2.55. The van der Waals surface area contributed by atoms with Gasteiger partial charge in [-0.05, 0) is 24.6 Å². The molecule has 1 aliphatic rings. The summed E-state index contributed by atoms with van der Waals surface area (Å²) in [4.78, 5) is 12.1. The number of benzene rings is 2. The number of carbonyl (C=O) groups is 1. The first kappa shape index (κ1) is 12.1. The lowest BCUT2D eigenvalue weighted by molar-refractivity contribution is 0.0936.